The molecule has 0 aliphatic heterocycles. The van der Waals surface area contributed by atoms with Crippen molar-refractivity contribution in [1.82, 2.24) is 0 Å². The number of rotatable bonds is 3. The molecule has 2 nitrogen and oxygen atoms in total. The van der Waals surface area contributed by atoms with Crippen LogP contribution in [0.25, 0.3) is 0 Å². The fourth-order valence-corrected chi connectivity index (χ4v) is 3.83. The van der Waals surface area contributed by atoms with Crippen LogP contribution in [0.15, 0.2) is 18.2 Å². The van der Waals surface area contributed by atoms with Crippen molar-refractivity contribution in [2.24, 2.45) is 17.8 Å². The van der Waals surface area contributed by atoms with Gasteiger partial charge in [0.2, 0.25) is 5.91 Å². The summed E-state index contributed by atoms with van der Waals surface area (Å²) in [5.41, 5.74) is 0.569. The van der Waals surface area contributed by atoms with E-state index in [1.165, 1.54) is 37.8 Å². The average molecular weight is 282 g/mol. The first-order valence-electron chi connectivity index (χ1n) is 6.86. The smallest absolute Gasteiger partial charge is 0.224 e. The van der Waals surface area contributed by atoms with Gasteiger partial charge in [-0.3, -0.25) is 4.79 Å². The minimum atomic E-state index is -0.465. The van der Waals surface area contributed by atoms with E-state index in [1.807, 2.05) is 0 Å². The molecule has 102 valence electrons. The van der Waals surface area contributed by atoms with Crippen molar-refractivity contribution in [2.45, 2.75) is 32.1 Å². The summed E-state index contributed by atoms with van der Waals surface area (Å²) in [6.07, 6.45) is 5.71. The number of nitrogens with one attached hydrogen (secondary N) is 1. The lowest BCUT2D eigenvalue weighted by Gasteiger charge is -2.20. The zero-order valence-electron chi connectivity index (χ0n) is 10.7. The SMILES string of the molecule is O=C(C[C@H]1C[C@@H]2CC[C@@H]1C2)Nc1ccc(F)c(Cl)c1. The molecule has 0 unspecified atom stereocenters. The number of carbonyl (C=O) groups is 1. The maximum absolute atomic E-state index is 13.0. The van der Waals surface area contributed by atoms with Crippen LogP contribution in [0.3, 0.4) is 0 Å². The van der Waals surface area contributed by atoms with Gasteiger partial charge in [0.25, 0.3) is 0 Å². The van der Waals surface area contributed by atoms with Gasteiger partial charge in [0.15, 0.2) is 0 Å². The monoisotopic (exact) mass is 281 g/mol. The van der Waals surface area contributed by atoms with Gasteiger partial charge >= 0.3 is 0 Å². The molecule has 1 aromatic carbocycles. The number of hydrogen-bond acceptors (Lipinski definition) is 1. The summed E-state index contributed by atoms with van der Waals surface area (Å²) in [6, 6.07) is 4.27. The first kappa shape index (κ1) is 12.9. The molecule has 2 saturated carbocycles. The van der Waals surface area contributed by atoms with Crippen molar-refractivity contribution in [1.29, 1.82) is 0 Å². The van der Waals surface area contributed by atoms with Crippen molar-refractivity contribution < 1.29 is 9.18 Å². The summed E-state index contributed by atoms with van der Waals surface area (Å²) in [5, 5.41) is 2.85. The van der Waals surface area contributed by atoms with E-state index in [1.54, 1.807) is 6.07 Å². The molecular formula is C15H17ClFNO. The summed E-state index contributed by atoms with van der Waals surface area (Å²) in [5.74, 6) is 1.68. The highest BCUT2D eigenvalue weighted by Gasteiger charge is 2.40. The quantitative estimate of drug-likeness (QED) is 0.882. The minimum Gasteiger partial charge on any atom is -0.326 e. The van der Waals surface area contributed by atoms with Crippen LogP contribution < -0.4 is 5.32 Å². The van der Waals surface area contributed by atoms with Crippen LogP contribution >= 0.6 is 11.6 Å². The predicted octanol–water partition coefficient (Wildman–Crippen LogP) is 4.24. The van der Waals surface area contributed by atoms with Gasteiger partial charge in [0, 0.05) is 12.1 Å². The molecule has 3 atom stereocenters. The predicted molar refractivity (Wildman–Crippen MR) is 73.6 cm³/mol. The normalized spacial score (nSPS) is 28.6. The number of fused-ring (bicyclic) bond motifs is 2. The molecule has 0 heterocycles. The summed E-state index contributed by atoms with van der Waals surface area (Å²) in [4.78, 5) is 12.0. The first-order chi connectivity index (χ1) is 9.11. The molecular weight excluding hydrogens is 265 g/mol. The summed E-state index contributed by atoms with van der Waals surface area (Å²) in [6.45, 7) is 0. The van der Waals surface area contributed by atoms with Crippen LogP contribution in [0.2, 0.25) is 5.02 Å². The molecule has 1 N–H and O–H groups in total. The van der Waals surface area contributed by atoms with Crippen LogP contribution in [0.4, 0.5) is 10.1 Å². The van der Waals surface area contributed by atoms with Gasteiger partial charge in [0.1, 0.15) is 5.82 Å². The fourth-order valence-electron chi connectivity index (χ4n) is 3.65. The zero-order chi connectivity index (χ0) is 13.4. The molecule has 4 heteroatoms. The molecule has 0 spiro atoms. The Morgan fingerprint density at radius 2 is 2.21 bits per heavy atom. The molecule has 2 aliphatic rings. The number of halogens is 2. The molecule has 2 aliphatic carbocycles. The molecule has 3 rings (SSSR count). The van der Waals surface area contributed by atoms with Crippen LogP contribution in [-0.2, 0) is 4.79 Å². The van der Waals surface area contributed by atoms with Gasteiger partial charge in [0.05, 0.1) is 5.02 Å². The lowest BCUT2D eigenvalue weighted by molar-refractivity contribution is -0.117. The third kappa shape index (κ3) is 2.76. The minimum absolute atomic E-state index is 0.0141. The lowest BCUT2D eigenvalue weighted by atomic mass is 9.86. The Bertz CT molecular complexity index is 505. The zero-order valence-corrected chi connectivity index (χ0v) is 11.4. The molecule has 2 bridgehead atoms. The highest BCUT2D eigenvalue weighted by molar-refractivity contribution is 6.31. The Morgan fingerprint density at radius 1 is 1.37 bits per heavy atom. The number of amides is 1. The Balaban J connectivity index is 1.57. The van der Waals surface area contributed by atoms with Crippen molar-refractivity contribution in [3.05, 3.63) is 29.0 Å². The van der Waals surface area contributed by atoms with Gasteiger partial charge in [-0.1, -0.05) is 18.0 Å². The van der Waals surface area contributed by atoms with Crippen molar-refractivity contribution in [2.75, 3.05) is 5.32 Å². The highest BCUT2D eigenvalue weighted by Crippen LogP contribution is 2.49. The Labute approximate surface area is 117 Å². The van der Waals surface area contributed by atoms with Gasteiger partial charge in [-0.15, -0.1) is 0 Å². The maximum atomic E-state index is 13.0. The molecule has 0 radical (unpaired) electrons. The number of benzene rings is 1. The molecule has 19 heavy (non-hydrogen) atoms. The number of hydrogen-bond donors (Lipinski definition) is 1. The second kappa shape index (κ2) is 5.12. The Morgan fingerprint density at radius 3 is 2.84 bits per heavy atom. The van der Waals surface area contributed by atoms with Crippen LogP contribution in [0.5, 0.6) is 0 Å². The van der Waals surface area contributed by atoms with Crippen molar-refractivity contribution in [3.8, 4) is 0 Å². The highest BCUT2D eigenvalue weighted by atomic mass is 35.5. The molecule has 2 fully saturated rings. The fraction of sp³-hybridized carbons (Fsp3) is 0.533. The molecule has 1 aromatic rings. The molecule has 1 amide bonds. The summed E-state index contributed by atoms with van der Waals surface area (Å²) < 4.78 is 13.0. The van der Waals surface area contributed by atoms with E-state index in [9.17, 15) is 9.18 Å². The largest absolute Gasteiger partial charge is 0.326 e. The Hall–Kier alpha value is -1.09. The average Bonchev–Trinajstić information content (AvgIpc) is 2.96. The molecule has 0 aromatic heterocycles. The van der Waals surface area contributed by atoms with Gasteiger partial charge in [-0.25, -0.2) is 4.39 Å². The third-order valence-electron chi connectivity index (χ3n) is 4.54. The standard InChI is InChI=1S/C15H17ClFNO/c16-13-8-12(3-4-14(13)17)18-15(19)7-11-6-9-1-2-10(11)5-9/h3-4,8-11H,1-2,5-7H2,(H,18,19)/t9-,10-,11-/m1/s1. The van der Waals surface area contributed by atoms with E-state index in [0.717, 1.165) is 11.8 Å². The first-order valence-corrected chi connectivity index (χ1v) is 7.24. The summed E-state index contributed by atoms with van der Waals surface area (Å²) in [7, 11) is 0. The number of carbonyl (C=O) groups excluding carboxylic acids is 1. The second-order valence-electron chi connectivity index (χ2n) is 5.82. The van der Waals surface area contributed by atoms with Crippen LogP contribution in [0.1, 0.15) is 32.1 Å². The topological polar surface area (TPSA) is 29.1 Å². The van der Waals surface area contributed by atoms with E-state index in [-0.39, 0.29) is 10.9 Å². The van der Waals surface area contributed by atoms with Gasteiger partial charge in [-0.05, 0) is 55.2 Å². The van der Waals surface area contributed by atoms with Crippen molar-refractivity contribution >= 4 is 23.2 Å². The van der Waals surface area contributed by atoms with Crippen LogP contribution in [0, 0.1) is 23.6 Å². The van der Waals surface area contributed by atoms with E-state index in [0.29, 0.717) is 18.0 Å². The van der Waals surface area contributed by atoms with Crippen molar-refractivity contribution in [3.63, 3.8) is 0 Å². The number of anilines is 1. The molecule has 0 saturated heterocycles. The van der Waals surface area contributed by atoms with Gasteiger partial charge < -0.3 is 5.32 Å². The third-order valence-corrected chi connectivity index (χ3v) is 4.83. The van der Waals surface area contributed by atoms with E-state index in [4.69, 9.17) is 11.6 Å². The van der Waals surface area contributed by atoms with Crippen LogP contribution in [-0.4, -0.2) is 5.91 Å². The van der Waals surface area contributed by atoms with E-state index in [2.05, 4.69) is 5.32 Å². The summed E-state index contributed by atoms with van der Waals surface area (Å²) >= 11 is 5.69. The van der Waals surface area contributed by atoms with E-state index >= 15 is 0 Å². The Kier molecular flexibility index (Phi) is 3.48. The maximum Gasteiger partial charge on any atom is 0.224 e. The lowest BCUT2D eigenvalue weighted by Crippen LogP contribution is -2.20. The van der Waals surface area contributed by atoms with Gasteiger partial charge in [-0.2, -0.15) is 0 Å². The second-order valence-corrected chi connectivity index (χ2v) is 6.22. The van der Waals surface area contributed by atoms with E-state index < -0.39 is 5.82 Å².